The van der Waals surface area contributed by atoms with Crippen LogP contribution in [0.25, 0.3) is 0 Å². The summed E-state index contributed by atoms with van der Waals surface area (Å²) in [7, 11) is 0. The Hall–Kier alpha value is -1.97. The molecule has 0 aromatic rings. The summed E-state index contributed by atoms with van der Waals surface area (Å²) in [5.74, 6) is 0.310. The minimum Gasteiger partial charge on any atom is -0.508 e. The topological polar surface area (TPSA) is 49.8 Å². The molecular formula is C16H19NO3. The van der Waals surface area contributed by atoms with Gasteiger partial charge in [-0.05, 0) is 49.1 Å². The SMILES string of the molecule is CC(C)(C)OC(=O)N1CC2=CC(O)=C3C=CC(=C2C3)C1. The van der Waals surface area contributed by atoms with Crippen molar-refractivity contribution in [1.29, 1.82) is 0 Å². The monoisotopic (exact) mass is 273 g/mol. The van der Waals surface area contributed by atoms with Crippen molar-refractivity contribution >= 4 is 6.09 Å². The third-order valence-electron chi connectivity index (χ3n) is 3.64. The predicted molar refractivity (Wildman–Crippen MR) is 76.3 cm³/mol. The van der Waals surface area contributed by atoms with Gasteiger partial charge in [-0.25, -0.2) is 4.79 Å². The largest absolute Gasteiger partial charge is 0.508 e. The van der Waals surface area contributed by atoms with Gasteiger partial charge in [0.05, 0.1) is 0 Å². The molecule has 0 saturated heterocycles. The Bertz CT molecular complexity index is 600. The van der Waals surface area contributed by atoms with E-state index in [-0.39, 0.29) is 6.09 Å². The number of amides is 1. The number of fused-ring (bicyclic) bond motifs is 1. The summed E-state index contributed by atoms with van der Waals surface area (Å²) in [6, 6.07) is 0. The Kier molecular flexibility index (Phi) is 2.78. The molecule has 0 unspecified atom stereocenters. The van der Waals surface area contributed by atoms with Gasteiger partial charge in [0.2, 0.25) is 0 Å². The summed E-state index contributed by atoms with van der Waals surface area (Å²) in [6.07, 6.45) is 6.16. The molecule has 1 amide bonds. The van der Waals surface area contributed by atoms with E-state index in [2.05, 4.69) is 0 Å². The third kappa shape index (κ3) is 2.26. The van der Waals surface area contributed by atoms with Gasteiger partial charge < -0.3 is 9.84 Å². The lowest BCUT2D eigenvalue weighted by Crippen LogP contribution is -2.42. The number of hydrogen-bond donors (Lipinski definition) is 1. The molecular weight excluding hydrogens is 254 g/mol. The molecule has 4 nitrogen and oxygen atoms in total. The van der Waals surface area contributed by atoms with Crippen LogP contribution in [0.1, 0.15) is 27.2 Å². The first-order valence-corrected chi connectivity index (χ1v) is 6.84. The average Bonchev–Trinajstić information content (AvgIpc) is 2.36. The second kappa shape index (κ2) is 4.27. The van der Waals surface area contributed by atoms with Crippen molar-refractivity contribution in [1.82, 2.24) is 4.90 Å². The second-order valence-corrected chi connectivity index (χ2v) is 6.43. The zero-order valence-electron chi connectivity index (χ0n) is 12.1. The van der Waals surface area contributed by atoms with Gasteiger partial charge >= 0.3 is 6.09 Å². The first-order chi connectivity index (χ1) is 9.33. The third-order valence-corrected chi connectivity index (χ3v) is 3.64. The lowest BCUT2D eigenvalue weighted by molar-refractivity contribution is 0.0279. The van der Waals surface area contributed by atoms with Gasteiger partial charge in [0, 0.05) is 19.5 Å². The van der Waals surface area contributed by atoms with Gasteiger partial charge in [0.1, 0.15) is 11.4 Å². The van der Waals surface area contributed by atoms with Gasteiger partial charge in [-0.1, -0.05) is 12.2 Å². The van der Waals surface area contributed by atoms with Crippen LogP contribution in [0.3, 0.4) is 0 Å². The summed E-state index contributed by atoms with van der Waals surface area (Å²) < 4.78 is 5.43. The molecule has 2 bridgehead atoms. The van der Waals surface area contributed by atoms with E-state index < -0.39 is 5.60 Å². The highest BCUT2D eigenvalue weighted by Crippen LogP contribution is 2.38. The number of allylic oxidation sites excluding steroid dienone is 3. The molecule has 4 heteroatoms. The van der Waals surface area contributed by atoms with Crippen LogP contribution in [0.4, 0.5) is 4.79 Å². The Morgan fingerprint density at radius 2 is 1.95 bits per heavy atom. The Labute approximate surface area is 118 Å². The van der Waals surface area contributed by atoms with Gasteiger partial charge in [-0.2, -0.15) is 0 Å². The van der Waals surface area contributed by atoms with Crippen LogP contribution in [-0.4, -0.2) is 34.8 Å². The normalized spacial score (nSPS) is 21.1. The summed E-state index contributed by atoms with van der Waals surface area (Å²) in [6.45, 7) is 6.66. The number of aliphatic hydroxyl groups excluding tert-OH is 1. The van der Waals surface area contributed by atoms with Crippen molar-refractivity contribution in [3.63, 3.8) is 0 Å². The Morgan fingerprint density at radius 1 is 1.25 bits per heavy atom. The zero-order valence-corrected chi connectivity index (χ0v) is 12.1. The molecule has 0 spiro atoms. The Balaban J connectivity index is 1.86. The summed E-state index contributed by atoms with van der Waals surface area (Å²) in [5.41, 5.74) is 3.87. The molecule has 1 N–H and O–H groups in total. The van der Waals surface area contributed by atoms with Crippen molar-refractivity contribution < 1.29 is 14.6 Å². The van der Waals surface area contributed by atoms with Crippen LogP contribution < -0.4 is 0 Å². The van der Waals surface area contributed by atoms with Crippen molar-refractivity contribution in [3.8, 4) is 0 Å². The number of nitrogens with zero attached hydrogens (tertiary/aromatic N) is 1. The van der Waals surface area contributed by atoms with E-state index >= 15 is 0 Å². The van der Waals surface area contributed by atoms with Crippen LogP contribution in [0.5, 0.6) is 0 Å². The van der Waals surface area contributed by atoms with E-state index in [1.165, 1.54) is 5.57 Å². The highest BCUT2D eigenvalue weighted by molar-refractivity contribution is 5.72. The maximum atomic E-state index is 12.2. The fourth-order valence-electron chi connectivity index (χ4n) is 2.72. The molecule has 1 heterocycles. The molecule has 0 fully saturated rings. The molecule has 3 rings (SSSR count). The summed E-state index contributed by atoms with van der Waals surface area (Å²) >= 11 is 0. The van der Waals surface area contributed by atoms with E-state index in [9.17, 15) is 9.90 Å². The summed E-state index contributed by atoms with van der Waals surface area (Å²) in [4.78, 5) is 13.9. The minimum absolute atomic E-state index is 0.307. The molecule has 20 heavy (non-hydrogen) atoms. The lowest BCUT2D eigenvalue weighted by atomic mass is 9.81. The van der Waals surface area contributed by atoms with Crippen LogP contribution in [0.15, 0.2) is 46.3 Å². The highest BCUT2D eigenvalue weighted by atomic mass is 16.6. The van der Waals surface area contributed by atoms with E-state index in [0.717, 1.165) is 23.1 Å². The van der Waals surface area contributed by atoms with E-state index in [0.29, 0.717) is 18.8 Å². The number of carbonyl (C=O) groups is 1. The maximum Gasteiger partial charge on any atom is 0.410 e. The van der Waals surface area contributed by atoms with Crippen LogP contribution in [0, 0.1) is 0 Å². The quantitative estimate of drug-likeness (QED) is 0.737. The first-order valence-electron chi connectivity index (χ1n) is 6.84. The van der Waals surface area contributed by atoms with Gasteiger partial charge in [0.25, 0.3) is 0 Å². The zero-order chi connectivity index (χ0) is 14.5. The van der Waals surface area contributed by atoms with Crippen molar-refractivity contribution in [2.45, 2.75) is 32.8 Å². The second-order valence-electron chi connectivity index (χ2n) is 6.43. The standard InChI is InChI=1S/C16H19NO3/c1-16(2,3)20-15(19)17-8-11-5-4-10-6-13(11)12(9-17)7-14(10)18/h4-5,7,18H,6,8-9H2,1-3H3. The number of aliphatic hydroxyl groups is 1. The molecule has 0 saturated carbocycles. The fourth-order valence-corrected chi connectivity index (χ4v) is 2.72. The Morgan fingerprint density at radius 3 is 2.65 bits per heavy atom. The van der Waals surface area contributed by atoms with Crippen molar-refractivity contribution in [3.05, 3.63) is 46.3 Å². The highest BCUT2D eigenvalue weighted by Gasteiger charge is 2.32. The van der Waals surface area contributed by atoms with Crippen LogP contribution in [0.2, 0.25) is 0 Å². The molecule has 106 valence electrons. The molecule has 3 aliphatic rings. The number of ether oxygens (including phenoxy) is 1. The molecule has 2 aliphatic carbocycles. The van der Waals surface area contributed by atoms with E-state index in [1.54, 1.807) is 11.0 Å². The van der Waals surface area contributed by atoms with Gasteiger partial charge in [0.15, 0.2) is 0 Å². The van der Waals surface area contributed by atoms with Crippen LogP contribution in [-0.2, 0) is 4.74 Å². The number of hydrogen-bond acceptors (Lipinski definition) is 3. The van der Waals surface area contributed by atoms with E-state index in [4.69, 9.17) is 4.74 Å². The molecule has 0 radical (unpaired) electrons. The molecule has 0 aromatic heterocycles. The van der Waals surface area contributed by atoms with Crippen molar-refractivity contribution in [2.24, 2.45) is 0 Å². The van der Waals surface area contributed by atoms with Crippen LogP contribution >= 0.6 is 0 Å². The summed E-state index contributed by atoms with van der Waals surface area (Å²) in [5, 5.41) is 9.94. The average molecular weight is 273 g/mol. The number of rotatable bonds is 0. The number of carbonyl (C=O) groups excluding carboxylic acids is 1. The molecule has 1 aliphatic heterocycles. The minimum atomic E-state index is -0.496. The first kappa shape index (κ1) is 13.0. The molecule has 0 aromatic carbocycles. The van der Waals surface area contributed by atoms with E-state index in [1.807, 2.05) is 32.9 Å². The predicted octanol–water partition coefficient (Wildman–Crippen LogP) is 3.25. The smallest absolute Gasteiger partial charge is 0.410 e. The maximum absolute atomic E-state index is 12.2. The van der Waals surface area contributed by atoms with Crippen molar-refractivity contribution in [2.75, 3.05) is 13.1 Å². The fraction of sp³-hybridized carbons (Fsp3) is 0.438. The van der Waals surface area contributed by atoms with Gasteiger partial charge in [-0.3, -0.25) is 4.90 Å². The van der Waals surface area contributed by atoms with Gasteiger partial charge in [-0.15, -0.1) is 0 Å². The molecule has 0 atom stereocenters. The lowest BCUT2D eigenvalue weighted by Gasteiger charge is -2.36.